The largest absolute Gasteiger partial charge is 0.369 e. The normalized spacial score (nSPS) is 16.5. The average Bonchev–Trinajstić information content (AvgIpc) is 2.40. The minimum Gasteiger partial charge on any atom is -0.369 e. The van der Waals surface area contributed by atoms with E-state index in [-0.39, 0.29) is 0 Å². The molecule has 2 N–H and O–H groups in total. The smallest absolute Gasteiger partial charge is 0.212 e. The Labute approximate surface area is 101 Å². The van der Waals surface area contributed by atoms with Crippen LogP contribution in [0, 0.1) is 0 Å². The molecule has 0 aliphatic carbocycles. The molecule has 0 bridgehead atoms. The van der Waals surface area contributed by atoms with Gasteiger partial charge in [-0.3, -0.25) is 4.79 Å². The van der Waals surface area contributed by atoms with Crippen molar-refractivity contribution in [2.24, 2.45) is 0 Å². The number of piperidine rings is 1. The summed E-state index contributed by atoms with van der Waals surface area (Å²) in [4.78, 5) is 16.9. The third-order valence-electron chi connectivity index (χ3n) is 3.22. The molecule has 2 heterocycles. The van der Waals surface area contributed by atoms with Crippen molar-refractivity contribution in [1.82, 2.24) is 10.3 Å². The lowest BCUT2D eigenvalue weighted by atomic mass is 10.0. The number of carbonyl (C=O) groups excluding carboxylic acids is 1. The number of anilines is 2. The molecule has 1 fully saturated rings. The molecule has 2 rings (SSSR count). The van der Waals surface area contributed by atoms with Gasteiger partial charge in [0.25, 0.3) is 0 Å². The van der Waals surface area contributed by atoms with Gasteiger partial charge in [-0.15, -0.1) is 0 Å². The van der Waals surface area contributed by atoms with E-state index in [4.69, 9.17) is 0 Å². The summed E-state index contributed by atoms with van der Waals surface area (Å²) >= 11 is 0. The highest BCUT2D eigenvalue weighted by Gasteiger charge is 2.20. The quantitative estimate of drug-likeness (QED) is 0.758. The first kappa shape index (κ1) is 11.9. The number of rotatable bonds is 4. The van der Waals surface area contributed by atoms with Gasteiger partial charge in [-0.05, 0) is 38.1 Å². The molecule has 1 aromatic heterocycles. The van der Waals surface area contributed by atoms with Crippen molar-refractivity contribution in [1.29, 1.82) is 0 Å². The number of amides is 1. The van der Waals surface area contributed by atoms with E-state index < -0.39 is 0 Å². The van der Waals surface area contributed by atoms with Crippen molar-refractivity contribution in [3.05, 3.63) is 18.3 Å². The van der Waals surface area contributed by atoms with Crippen molar-refractivity contribution >= 4 is 17.9 Å². The molecule has 92 valence electrons. The van der Waals surface area contributed by atoms with Gasteiger partial charge >= 0.3 is 0 Å². The molecule has 0 radical (unpaired) electrons. The van der Waals surface area contributed by atoms with Crippen LogP contribution in [0.5, 0.6) is 0 Å². The van der Waals surface area contributed by atoms with E-state index in [9.17, 15) is 4.79 Å². The Morgan fingerprint density at radius 2 is 2.29 bits per heavy atom. The number of aromatic nitrogens is 1. The van der Waals surface area contributed by atoms with E-state index in [1.54, 1.807) is 6.20 Å². The van der Waals surface area contributed by atoms with Gasteiger partial charge in [0.05, 0.1) is 5.69 Å². The molecule has 5 nitrogen and oxygen atoms in total. The van der Waals surface area contributed by atoms with E-state index in [1.165, 1.54) is 0 Å². The fourth-order valence-electron chi connectivity index (χ4n) is 2.24. The molecular formula is C12H18N4O. The van der Waals surface area contributed by atoms with Gasteiger partial charge in [-0.2, -0.15) is 0 Å². The molecule has 1 amide bonds. The fourth-order valence-corrected chi connectivity index (χ4v) is 2.24. The van der Waals surface area contributed by atoms with Gasteiger partial charge in [0.15, 0.2) is 5.82 Å². The second-order valence-electron chi connectivity index (χ2n) is 4.23. The zero-order valence-corrected chi connectivity index (χ0v) is 10.0. The van der Waals surface area contributed by atoms with Gasteiger partial charge in [0.2, 0.25) is 6.41 Å². The van der Waals surface area contributed by atoms with Crippen molar-refractivity contribution in [2.45, 2.75) is 18.9 Å². The Morgan fingerprint density at radius 1 is 1.53 bits per heavy atom. The molecule has 1 aromatic rings. The first-order valence-corrected chi connectivity index (χ1v) is 5.91. The lowest BCUT2D eigenvalue weighted by Crippen LogP contribution is -2.41. The lowest BCUT2D eigenvalue weighted by Gasteiger charge is -2.33. The molecule has 0 aromatic carbocycles. The Hall–Kier alpha value is -1.62. The maximum atomic E-state index is 10.5. The third-order valence-corrected chi connectivity index (χ3v) is 3.22. The first-order valence-electron chi connectivity index (χ1n) is 5.91. The van der Waals surface area contributed by atoms with Crippen LogP contribution in [0.3, 0.4) is 0 Å². The first-order chi connectivity index (χ1) is 8.33. The monoisotopic (exact) mass is 234 g/mol. The summed E-state index contributed by atoms with van der Waals surface area (Å²) in [6, 6.07) is 4.39. The SMILES string of the molecule is CN(c1cccnc1NC=O)C1CCNCC1. The average molecular weight is 234 g/mol. The fraction of sp³-hybridized carbons (Fsp3) is 0.500. The summed E-state index contributed by atoms with van der Waals surface area (Å²) in [6.07, 6.45) is 4.59. The molecule has 0 saturated carbocycles. The van der Waals surface area contributed by atoms with Crippen LogP contribution >= 0.6 is 0 Å². The van der Waals surface area contributed by atoms with Gasteiger partial charge < -0.3 is 15.5 Å². The van der Waals surface area contributed by atoms with Gasteiger partial charge in [0.1, 0.15) is 0 Å². The predicted octanol–water partition coefficient (Wildman–Crippen LogP) is 0.838. The number of nitrogens with one attached hydrogen (secondary N) is 2. The highest BCUT2D eigenvalue weighted by molar-refractivity contribution is 5.78. The molecule has 1 aliphatic heterocycles. The number of nitrogens with zero attached hydrogens (tertiary/aromatic N) is 2. The van der Waals surface area contributed by atoms with Crippen LogP contribution in [-0.4, -0.2) is 37.6 Å². The standard InChI is InChI=1S/C12H18N4O/c1-16(10-4-7-13-8-5-10)11-3-2-6-14-12(11)15-9-17/h2-3,6,9-10,13H,4-5,7-8H2,1H3,(H,14,15,17). The van der Waals surface area contributed by atoms with Crippen LogP contribution in [0.2, 0.25) is 0 Å². The number of carbonyl (C=O) groups is 1. The van der Waals surface area contributed by atoms with Crippen LogP contribution < -0.4 is 15.5 Å². The molecule has 0 unspecified atom stereocenters. The maximum Gasteiger partial charge on any atom is 0.212 e. The van der Waals surface area contributed by atoms with Crippen molar-refractivity contribution < 1.29 is 4.79 Å². The molecule has 1 aliphatic rings. The molecule has 17 heavy (non-hydrogen) atoms. The predicted molar refractivity (Wildman–Crippen MR) is 68.2 cm³/mol. The van der Waals surface area contributed by atoms with E-state index in [2.05, 4.69) is 27.6 Å². The second kappa shape index (κ2) is 5.63. The van der Waals surface area contributed by atoms with E-state index in [1.807, 2.05) is 12.1 Å². The van der Waals surface area contributed by atoms with E-state index >= 15 is 0 Å². The summed E-state index contributed by atoms with van der Waals surface area (Å²) in [7, 11) is 2.06. The zero-order chi connectivity index (χ0) is 12.1. The third kappa shape index (κ3) is 2.74. The molecule has 0 spiro atoms. The summed E-state index contributed by atoms with van der Waals surface area (Å²) in [6.45, 7) is 2.09. The summed E-state index contributed by atoms with van der Waals surface area (Å²) in [5.41, 5.74) is 0.978. The number of hydrogen-bond acceptors (Lipinski definition) is 4. The summed E-state index contributed by atoms with van der Waals surface area (Å²) < 4.78 is 0. The molecule has 5 heteroatoms. The topological polar surface area (TPSA) is 57.3 Å². The van der Waals surface area contributed by atoms with Crippen LogP contribution in [0.1, 0.15) is 12.8 Å². The molecular weight excluding hydrogens is 216 g/mol. The maximum absolute atomic E-state index is 10.5. The van der Waals surface area contributed by atoms with Crippen LogP contribution in [0.25, 0.3) is 0 Å². The lowest BCUT2D eigenvalue weighted by molar-refractivity contribution is -0.105. The van der Waals surface area contributed by atoms with E-state index in [0.29, 0.717) is 18.3 Å². The Bertz CT molecular complexity index is 377. The van der Waals surface area contributed by atoms with Gasteiger partial charge in [0, 0.05) is 19.3 Å². The van der Waals surface area contributed by atoms with Crippen LogP contribution in [0.15, 0.2) is 18.3 Å². The highest BCUT2D eigenvalue weighted by atomic mass is 16.1. The Kier molecular flexibility index (Phi) is 3.93. The van der Waals surface area contributed by atoms with Gasteiger partial charge in [-0.1, -0.05) is 0 Å². The van der Waals surface area contributed by atoms with Crippen LogP contribution in [0.4, 0.5) is 11.5 Å². The number of hydrogen-bond donors (Lipinski definition) is 2. The summed E-state index contributed by atoms with van der Waals surface area (Å²) in [5, 5.41) is 5.99. The van der Waals surface area contributed by atoms with E-state index in [0.717, 1.165) is 31.6 Å². The summed E-state index contributed by atoms with van der Waals surface area (Å²) in [5.74, 6) is 0.628. The highest BCUT2D eigenvalue weighted by Crippen LogP contribution is 2.25. The van der Waals surface area contributed by atoms with Crippen LogP contribution in [-0.2, 0) is 4.79 Å². The minimum atomic E-state index is 0.507. The van der Waals surface area contributed by atoms with Crippen molar-refractivity contribution in [2.75, 3.05) is 30.4 Å². The van der Waals surface area contributed by atoms with Crippen molar-refractivity contribution in [3.8, 4) is 0 Å². The van der Waals surface area contributed by atoms with Gasteiger partial charge in [-0.25, -0.2) is 4.98 Å². The second-order valence-corrected chi connectivity index (χ2v) is 4.23. The minimum absolute atomic E-state index is 0.507. The van der Waals surface area contributed by atoms with Crippen molar-refractivity contribution in [3.63, 3.8) is 0 Å². The molecule has 1 saturated heterocycles. The molecule has 0 atom stereocenters. The Balaban J connectivity index is 2.16. The zero-order valence-electron chi connectivity index (χ0n) is 10.0. The number of pyridine rings is 1. The Morgan fingerprint density at radius 3 is 3.00 bits per heavy atom.